The molecular weight excluding hydrogens is 208 g/mol. The highest BCUT2D eigenvalue weighted by molar-refractivity contribution is 5.87. The van der Waals surface area contributed by atoms with Gasteiger partial charge in [-0.25, -0.2) is 4.79 Å². The van der Waals surface area contributed by atoms with E-state index in [1.807, 2.05) is 0 Å². The Hall–Kier alpha value is -2.04. The van der Waals surface area contributed by atoms with Crippen molar-refractivity contribution in [1.29, 1.82) is 0 Å². The van der Waals surface area contributed by atoms with Gasteiger partial charge in [0.1, 0.15) is 5.69 Å². The number of hydrogen-bond acceptors (Lipinski definition) is 4. The van der Waals surface area contributed by atoms with Crippen molar-refractivity contribution in [2.45, 2.75) is 13.5 Å². The molecule has 0 aromatic carbocycles. The lowest BCUT2D eigenvalue weighted by atomic mass is 10.4. The van der Waals surface area contributed by atoms with E-state index < -0.39 is 0 Å². The summed E-state index contributed by atoms with van der Waals surface area (Å²) in [5.41, 5.74) is 0.512. The van der Waals surface area contributed by atoms with Crippen LogP contribution in [0.25, 0.3) is 0 Å². The van der Waals surface area contributed by atoms with E-state index in [-0.39, 0.29) is 5.97 Å². The fourth-order valence-corrected chi connectivity index (χ4v) is 1.43. The van der Waals surface area contributed by atoms with Gasteiger partial charge in [0.15, 0.2) is 5.76 Å². The van der Waals surface area contributed by atoms with Gasteiger partial charge in [-0.05, 0) is 19.1 Å². The highest BCUT2D eigenvalue weighted by Crippen LogP contribution is 2.08. The van der Waals surface area contributed by atoms with Gasteiger partial charge < -0.3 is 13.8 Å². The molecule has 5 nitrogen and oxygen atoms in total. The lowest BCUT2D eigenvalue weighted by molar-refractivity contribution is 0.0514. The van der Waals surface area contributed by atoms with Crippen molar-refractivity contribution in [3.8, 4) is 0 Å². The van der Waals surface area contributed by atoms with Crippen molar-refractivity contribution in [2.24, 2.45) is 0 Å². The molecule has 0 saturated heterocycles. The summed E-state index contributed by atoms with van der Waals surface area (Å²) >= 11 is 0. The van der Waals surface area contributed by atoms with E-state index in [4.69, 9.17) is 9.26 Å². The van der Waals surface area contributed by atoms with Gasteiger partial charge in [0, 0.05) is 12.3 Å². The first-order valence-electron chi connectivity index (χ1n) is 5.03. The Bertz CT molecular complexity index is 459. The van der Waals surface area contributed by atoms with Gasteiger partial charge in [-0.2, -0.15) is 0 Å². The number of rotatable bonds is 4. The van der Waals surface area contributed by atoms with Crippen LogP contribution in [0.2, 0.25) is 0 Å². The van der Waals surface area contributed by atoms with Crippen molar-refractivity contribution in [1.82, 2.24) is 9.72 Å². The summed E-state index contributed by atoms with van der Waals surface area (Å²) in [6.07, 6.45) is 3.37. The molecule has 5 heteroatoms. The number of carbonyl (C=O) groups excluding carboxylic acids is 1. The van der Waals surface area contributed by atoms with Crippen LogP contribution in [0.4, 0.5) is 0 Å². The molecule has 0 N–H and O–H groups in total. The summed E-state index contributed by atoms with van der Waals surface area (Å²) < 4.78 is 11.7. The molecule has 0 unspecified atom stereocenters. The summed E-state index contributed by atoms with van der Waals surface area (Å²) in [6.45, 7) is 2.62. The molecule has 0 spiro atoms. The molecule has 2 heterocycles. The topological polar surface area (TPSA) is 57.3 Å². The van der Waals surface area contributed by atoms with Gasteiger partial charge in [0.25, 0.3) is 0 Å². The molecule has 0 bridgehead atoms. The Morgan fingerprint density at radius 3 is 3.12 bits per heavy atom. The Morgan fingerprint density at radius 1 is 1.56 bits per heavy atom. The fraction of sp³-hybridized carbons (Fsp3) is 0.273. The highest BCUT2D eigenvalue weighted by atomic mass is 16.5. The maximum absolute atomic E-state index is 11.6. The third-order valence-corrected chi connectivity index (χ3v) is 2.13. The SMILES string of the molecule is CCOC(=O)c1cccn1Cc1ccno1. The molecule has 0 atom stereocenters. The van der Waals surface area contributed by atoms with Crippen molar-refractivity contribution in [3.05, 3.63) is 42.0 Å². The molecule has 0 saturated carbocycles. The van der Waals surface area contributed by atoms with Crippen LogP contribution in [-0.4, -0.2) is 22.3 Å². The molecule has 2 aromatic heterocycles. The van der Waals surface area contributed by atoms with E-state index in [2.05, 4.69) is 5.16 Å². The summed E-state index contributed by atoms with van der Waals surface area (Å²) in [4.78, 5) is 11.6. The summed E-state index contributed by atoms with van der Waals surface area (Å²) in [6, 6.07) is 5.27. The lowest BCUT2D eigenvalue weighted by Gasteiger charge is -2.05. The predicted octanol–water partition coefficient (Wildman–Crippen LogP) is 1.70. The van der Waals surface area contributed by atoms with Crippen LogP contribution < -0.4 is 0 Å². The zero-order valence-corrected chi connectivity index (χ0v) is 8.92. The highest BCUT2D eigenvalue weighted by Gasteiger charge is 2.12. The number of carbonyl (C=O) groups is 1. The van der Waals surface area contributed by atoms with Crippen molar-refractivity contribution in [3.63, 3.8) is 0 Å². The molecule has 16 heavy (non-hydrogen) atoms. The normalized spacial score (nSPS) is 10.3. The minimum Gasteiger partial charge on any atom is -0.461 e. The van der Waals surface area contributed by atoms with Crippen LogP contribution in [0.5, 0.6) is 0 Å². The van der Waals surface area contributed by atoms with Crippen molar-refractivity contribution in [2.75, 3.05) is 6.61 Å². The second kappa shape index (κ2) is 4.65. The smallest absolute Gasteiger partial charge is 0.354 e. The third kappa shape index (κ3) is 2.13. The third-order valence-electron chi connectivity index (χ3n) is 2.13. The van der Waals surface area contributed by atoms with Gasteiger partial charge in [-0.1, -0.05) is 5.16 Å². The standard InChI is InChI=1S/C11H12N2O3/c1-2-15-11(14)10-4-3-7-13(10)8-9-5-6-12-16-9/h3-7H,2,8H2,1H3. The van der Waals surface area contributed by atoms with Gasteiger partial charge in [0.05, 0.1) is 19.3 Å². The second-order valence-electron chi connectivity index (χ2n) is 3.22. The largest absolute Gasteiger partial charge is 0.461 e. The Balaban J connectivity index is 2.16. The lowest BCUT2D eigenvalue weighted by Crippen LogP contribution is -2.12. The maximum Gasteiger partial charge on any atom is 0.354 e. The average molecular weight is 220 g/mol. The average Bonchev–Trinajstić information content (AvgIpc) is 2.90. The first-order chi connectivity index (χ1) is 7.81. The van der Waals surface area contributed by atoms with Crippen LogP contribution in [0.1, 0.15) is 23.2 Å². The van der Waals surface area contributed by atoms with Crippen LogP contribution in [0.15, 0.2) is 35.1 Å². The van der Waals surface area contributed by atoms with Crippen LogP contribution in [-0.2, 0) is 11.3 Å². The number of ether oxygens (including phenoxy) is 1. The Morgan fingerprint density at radius 2 is 2.44 bits per heavy atom. The zero-order chi connectivity index (χ0) is 11.4. The zero-order valence-electron chi connectivity index (χ0n) is 8.92. The van der Waals surface area contributed by atoms with Gasteiger partial charge in [-0.15, -0.1) is 0 Å². The molecule has 0 fully saturated rings. The number of hydrogen-bond donors (Lipinski definition) is 0. The Labute approximate surface area is 92.6 Å². The molecule has 0 aliphatic carbocycles. The van der Waals surface area contributed by atoms with E-state index in [0.29, 0.717) is 24.6 Å². The monoisotopic (exact) mass is 220 g/mol. The van der Waals surface area contributed by atoms with Crippen LogP contribution in [0.3, 0.4) is 0 Å². The molecule has 2 rings (SSSR count). The first-order valence-corrected chi connectivity index (χ1v) is 5.03. The number of aromatic nitrogens is 2. The summed E-state index contributed by atoms with van der Waals surface area (Å²) in [7, 11) is 0. The van der Waals surface area contributed by atoms with Gasteiger partial charge >= 0.3 is 5.97 Å². The first kappa shape index (κ1) is 10.5. The van der Waals surface area contributed by atoms with E-state index in [1.165, 1.54) is 0 Å². The number of nitrogens with zero attached hydrogens (tertiary/aromatic N) is 2. The number of esters is 1. The maximum atomic E-state index is 11.6. The second-order valence-corrected chi connectivity index (χ2v) is 3.22. The molecule has 0 aliphatic heterocycles. The molecule has 0 aliphatic rings. The van der Waals surface area contributed by atoms with Crippen LogP contribution >= 0.6 is 0 Å². The van der Waals surface area contributed by atoms with Crippen molar-refractivity contribution < 1.29 is 14.1 Å². The Kier molecular flexibility index (Phi) is 3.05. The van der Waals surface area contributed by atoms with E-state index in [1.54, 1.807) is 42.1 Å². The van der Waals surface area contributed by atoms with Crippen LogP contribution in [0, 0.1) is 0 Å². The fourth-order valence-electron chi connectivity index (χ4n) is 1.43. The molecule has 84 valence electrons. The molecule has 0 radical (unpaired) electrons. The predicted molar refractivity (Wildman–Crippen MR) is 56.0 cm³/mol. The van der Waals surface area contributed by atoms with Gasteiger partial charge in [0.2, 0.25) is 0 Å². The van der Waals surface area contributed by atoms with Gasteiger partial charge in [-0.3, -0.25) is 0 Å². The minimum absolute atomic E-state index is 0.327. The summed E-state index contributed by atoms with van der Waals surface area (Å²) in [5, 5.41) is 3.61. The van der Waals surface area contributed by atoms with Crippen molar-refractivity contribution >= 4 is 5.97 Å². The molecule has 2 aromatic rings. The molecular formula is C11H12N2O3. The van der Waals surface area contributed by atoms with E-state index in [0.717, 1.165) is 0 Å². The minimum atomic E-state index is -0.327. The van der Waals surface area contributed by atoms with E-state index >= 15 is 0 Å². The van der Waals surface area contributed by atoms with E-state index in [9.17, 15) is 4.79 Å². The quantitative estimate of drug-likeness (QED) is 0.736. The summed E-state index contributed by atoms with van der Waals surface area (Å²) in [5.74, 6) is 0.369. The molecule has 0 amide bonds.